The van der Waals surface area contributed by atoms with Crippen molar-refractivity contribution in [3.8, 4) is 0 Å². The number of thiazole rings is 1. The Hall–Kier alpha value is -1.93. The molecular weight excluding hydrogens is 310 g/mol. The van der Waals surface area contributed by atoms with Gasteiger partial charge in [0.25, 0.3) is 5.91 Å². The summed E-state index contributed by atoms with van der Waals surface area (Å²) in [7, 11) is 1.62. The van der Waals surface area contributed by atoms with Crippen molar-refractivity contribution in [1.29, 1.82) is 0 Å². The maximum atomic E-state index is 13.6. The van der Waals surface area contributed by atoms with E-state index >= 15 is 0 Å². The van der Waals surface area contributed by atoms with Crippen LogP contribution in [0.5, 0.6) is 0 Å². The molecule has 1 heterocycles. The molecule has 20 heavy (non-hydrogen) atoms. The van der Waals surface area contributed by atoms with Gasteiger partial charge in [0, 0.05) is 13.1 Å². The van der Waals surface area contributed by atoms with E-state index in [2.05, 4.69) is 15.6 Å². The summed E-state index contributed by atoms with van der Waals surface area (Å²) in [6.45, 7) is 0. The molecule has 106 valence electrons. The third kappa shape index (κ3) is 2.81. The van der Waals surface area contributed by atoms with Gasteiger partial charge in [0.1, 0.15) is 16.5 Å². The number of carbonyl (C=O) groups excluding carboxylic acids is 1. The van der Waals surface area contributed by atoms with Gasteiger partial charge < -0.3 is 16.4 Å². The fourth-order valence-electron chi connectivity index (χ4n) is 1.43. The summed E-state index contributed by atoms with van der Waals surface area (Å²) in [5.74, 6) is -2.47. The van der Waals surface area contributed by atoms with Gasteiger partial charge in [0.05, 0.1) is 10.7 Å². The minimum atomic E-state index is -0.972. The van der Waals surface area contributed by atoms with Gasteiger partial charge in [-0.05, 0) is 6.07 Å². The zero-order chi connectivity index (χ0) is 14.9. The monoisotopic (exact) mass is 318 g/mol. The van der Waals surface area contributed by atoms with Crippen molar-refractivity contribution in [3.05, 3.63) is 33.7 Å². The van der Waals surface area contributed by atoms with Crippen molar-refractivity contribution >= 4 is 45.5 Å². The van der Waals surface area contributed by atoms with Crippen LogP contribution in [0, 0.1) is 11.6 Å². The van der Waals surface area contributed by atoms with Gasteiger partial charge in [-0.2, -0.15) is 0 Å². The van der Waals surface area contributed by atoms with Gasteiger partial charge in [-0.25, -0.2) is 13.8 Å². The molecule has 0 aliphatic rings. The number of hydrogen-bond donors (Lipinski definition) is 3. The first-order valence-corrected chi connectivity index (χ1v) is 6.51. The molecule has 0 saturated heterocycles. The standard InChI is InChI=1S/C11H9ClF2N4OS/c1-16-11-18-9(15)8(20-11)10(19)17-7-5(12)2-4(13)3-6(7)14/h2-3H,15H2,1H3,(H,16,18)(H,17,19). The zero-order valence-electron chi connectivity index (χ0n) is 10.1. The van der Waals surface area contributed by atoms with Crippen LogP contribution in [0.3, 0.4) is 0 Å². The Morgan fingerprint density at radius 3 is 2.70 bits per heavy atom. The summed E-state index contributed by atoms with van der Waals surface area (Å²) in [4.78, 5) is 16.0. The maximum Gasteiger partial charge on any atom is 0.269 e. The number of nitrogens with one attached hydrogen (secondary N) is 2. The maximum absolute atomic E-state index is 13.6. The highest BCUT2D eigenvalue weighted by Crippen LogP contribution is 2.29. The predicted octanol–water partition coefficient (Wildman–Crippen LogP) is 2.95. The SMILES string of the molecule is CNc1nc(N)c(C(=O)Nc2c(F)cc(F)cc2Cl)s1. The van der Waals surface area contributed by atoms with Crippen LogP contribution in [0.15, 0.2) is 12.1 Å². The summed E-state index contributed by atoms with van der Waals surface area (Å²) in [6.07, 6.45) is 0. The zero-order valence-corrected chi connectivity index (χ0v) is 11.7. The number of aromatic nitrogens is 1. The topological polar surface area (TPSA) is 80.0 Å². The summed E-state index contributed by atoms with van der Waals surface area (Å²) < 4.78 is 26.5. The van der Waals surface area contributed by atoms with E-state index in [0.29, 0.717) is 11.2 Å². The number of nitrogens with zero attached hydrogens (tertiary/aromatic N) is 1. The molecule has 0 saturated carbocycles. The van der Waals surface area contributed by atoms with Crippen molar-refractivity contribution < 1.29 is 13.6 Å². The van der Waals surface area contributed by atoms with Crippen molar-refractivity contribution in [1.82, 2.24) is 4.98 Å². The number of nitrogen functional groups attached to an aromatic ring is 1. The van der Waals surface area contributed by atoms with E-state index in [-0.39, 0.29) is 21.4 Å². The number of nitrogens with two attached hydrogens (primary N) is 1. The minimum Gasteiger partial charge on any atom is -0.382 e. The first kappa shape index (κ1) is 14.5. The molecule has 9 heteroatoms. The van der Waals surface area contributed by atoms with E-state index in [4.69, 9.17) is 17.3 Å². The normalized spacial score (nSPS) is 10.4. The van der Waals surface area contributed by atoms with Crippen LogP contribution in [-0.2, 0) is 0 Å². The highest BCUT2D eigenvalue weighted by atomic mass is 35.5. The number of hydrogen-bond acceptors (Lipinski definition) is 5. The smallest absolute Gasteiger partial charge is 0.269 e. The van der Waals surface area contributed by atoms with Gasteiger partial charge in [-0.3, -0.25) is 4.79 Å². The highest BCUT2D eigenvalue weighted by Gasteiger charge is 2.19. The van der Waals surface area contributed by atoms with E-state index in [9.17, 15) is 13.6 Å². The number of benzene rings is 1. The average Bonchev–Trinajstić information content (AvgIpc) is 2.75. The van der Waals surface area contributed by atoms with E-state index < -0.39 is 17.5 Å². The Balaban J connectivity index is 2.30. The summed E-state index contributed by atoms with van der Waals surface area (Å²) in [6, 6.07) is 1.52. The van der Waals surface area contributed by atoms with Gasteiger partial charge in [0.15, 0.2) is 10.9 Å². The predicted molar refractivity (Wildman–Crippen MR) is 75.4 cm³/mol. The first-order chi connectivity index (χ1) is 9.42. The quantitative estimate of drug-likeness (QED) is 0.813. The Morgan fingerprint density at radius 2 is 2.15 bits per heavy atom. The number of anilines is 3. The van der Waals surface area contributed by atoms with E-state index in [1.165, 1.54) is 0 Å². The van der Waals surface area contributed by atoms with Gasteiger partial charge in [0.2, 0.25) is 0 Å². The van der Waals surface area contributed by atoms with E-state index in [0.717, 1.165) is 17.4 Å². The van der Waals surface area contributed by atoms with Gasteiger partial charge in [-0.1, -0.05) is 22.9 Å². The Morgan fingerprint density at radius 1 is 1.45 bits per heavy atom. The van der Waals surface area contributed by atoms with Crippen molar-refractivity contribution in [2.24, 2.45) is 0 Å². The fraction of sp³-hybridized carbons (Fsp3) is 0.0909. The molecule has 5 nitrogen and oxygen atoms in total. The molecule has 2 aromatic rings. The molecule has 0 fully saturated rings. The molecule has 1 aromatic heterocycles. The van der Waals surface area contributed by atoms with Crippen molar-refractivity contribution in [3.63, 3.8) is 0 Å². The second-order valence-electron chi connectivity index (χ2n) is 3.68. The number of amides is 1. The molecule has 0 atom stereocenters. The molecule has 0 unspecified atom stereocenters. The summed E-state index contributed by atoms with van der Waals surface area (Å²) in [5, 5.41) is 5.19. The van der Waals surface area contributed by atoms with Crippen LogP contribution in [0.1, 0.15) is 9.67 Å². The summed E-state index contributed by atoms with van der Waals surface area (Å²) in [5.41, 5.74) is 5.28. The molecule has 4 N–H and O–H groups in total. The molecule has 0 aliphatic carbocycles. The Labute approximate surface area is 121 Å². The van der Waals surface area contributed by atoms with Crippen LogP contribution in [0.25, 0.3) is 0 Å². The van der Waals surface area contributed by atoms with Crippen LogP contribution in [-0.4, -0.2) is 17.9 Å². The Bertz CT molecular complexity index is 653. The molecular formula is C11H9ClF2N4OS. The lowest BCUT2D eigenvalue weighted by molar-refractivity contribution is 0.103. The molecule has 0 radical (unpaired) electrons. The van der Waals surface area contributed by atoms with Crippen molar-refractivity contribution in [2.45, 2.75) is 0 Å². The third-order valence-corrected chi connectivity index (χ3v) is 3.70. The lowest BCUT2D eigenvalue weighted by atomic mass is 10.3. The van der Waals surface area contributed by atoms with E-state index in [1.54, 1.807) is 7.05 Å². The number of halogens is 3. The van der Waals surface area contributed by atoms with Crippen LogP contribution in [0.4, 0.5) is 25.4 Å². The Kier molecular flexibility index (Phi) is 4.05. The molecule has 0 aliphatic heterocycles. The van der Waals surface area contributed by atoms with Crippen molar-refractivity contribution in [2.75, 3.05) is 23.4 Å². The van der Waals surface area contributed by atoms with E-state index in [1.807, 2.05) is 0 Å². The van der Waals surface area contributed by atoms with Gasteiger partial charge in [-0.15, -0.1) is 0 Å². The second kappa shape index (κ2) is 5.59. The first-order valence-electron chi connectivity index (χ1n) is 5.32. The molecule has 1 aromatic carbocycles. The fourth-order valence-corrected chi connectivity index (χ4v) is 2.41. The molecule has 0 bridgehead atoms. The van der Waals surface area contributed by atoms with Gasteiger partial charge >= 0.3 is 0 Å². The number of rotatable bonds is 3. The molecule has 2 rings (SSSR count). The third-order valence-electron chi connectivity index (χ3n) is 2.32. The average molecular weight is 319 g/mol. The van der Waals surface area contributed by atoms with Crippen LogP contribution in [0.2, 0.25) is 5.02 Å². The summed E-state index contributed by atoms with van der Waals surface area (Å²) >= 11 is 6.69. The van der Waals surface area contributed by atoms with Crippen LogP contribution < -0.4 is 16.4 Å². The lowest BCUT2D eigenvalue weighted by Crippen LogP contribution is -2.14. The largest absolute Gasteiger partial charge is 0.382 e. The lowest BCUT2D eigenvalue weighted by Gasteiger charge is -2.07. The number of carbonyl (C=O) groups is 1. The van der Waals surface area contributed by atoms with Crippen LogP contribution >= 0.6 is 22.9 Å². The highest BCUT2D eigenvalue weighted by molar-refractivity contribution is 7.18. The molecule has 0 spiro atoms. The molecule has 1 amide bonds. The minimum absolute atomic E-state index is 0.00972. The second-order valence-corrected chi connectivity index (χ2v) is 5.09.